The van der Waals surface area contributed by atoms with E-state index in [0.717, 1.165) is 15.8 Å². The van der Waals surface area contributed by atoms with E-state index in [1.165, 1.54) is 54.3 Å². The fraction of sp³-hybridized carbons (Fsp3) is 0.360. The quantitative estimate of drug-likeness (QED) is 0.223. The van der Waals surface area contributed by atoms with E-state index >= 15 is 0 Å². The minimum absolute atomic E-state index is 0.0917. The van der Waals surface area contributed by atoms with Crippen LogP contribution in [0.25, 0.3) is 6.08 Å². The molecule has 0 bridgehead atoms. The van der Waals surface area contributed by atoms with Gasteiger partial charge in [0.1, 0.15) is 29.0 Å². The Balaban J connectivity index is 1.33. The summed E-state index contributed by atoms with van der Waals surface area (Å²) < 4.78 is 13.3. The first kappa shape index (κ1) is 23.3. The lowest BCUT2D eigenvalue weighted by atomic mass is 9.84. The van der Waals surface area contributed by atoms with Crippen molar-refractivity contribution in [3.8, 4) is 11.5 Å². The SMILES string of the molecule is CN1C(=O)/C(=C/c2cc(Br)ccc2OCCOc2ccc(C3CCCCC3)cc2)SC1=S. The van der Waals surface area contributed by atoms with Gasteiger partial charge in [0.05, 0.1) is 4.91 Å². The summed E-state index contributed by atoms with van der Waals surface area (Å²) in [5.74, 6) is 2.16. The van der Waals surface area contributed by atoms with E-state index in [0.29, 0.717) is 34.1 Å². The van der Waals surface area contributed by atoms with Gasteiger partial charge in [-0.1, -0.05) is 71.3 Å². The maximum Gasteiger partial charge on any atom is 0.265 e. The van der Waals surface area contributed by atoms with Crippen LogP contribution >= 0.6 is 39.9 Å². The molecule has 1 heterocycles. The highest BCUT2D eigenvalue weighted by Crippen LogP contribution is 2.35. The molecule has 4 rings (SSSR count). The molecule has 0 unspecified atom stereocenters. The number of thioether (sulfide) groups is 1. The Morgan fingerprint density at radius 1 is 1.09 bits per heavy atom. The second-order valence-electron chi connectivity index (χ2n) is 8.02. The maximum absolute atomic E-state index is 12.3. The summed E-state index contributed by atoms with van der Waals surface area (Å²) in [5.41, 5.74) is 2.25. The highest BCUT2D eigenvalue weighted by Gasteiger charge is 2.29. The molecule has 1 aliphatic carbocycles. The summed E-state index contributed by atoms with van der Waals surface area (Å²) in [7, 11) is 1.69. The number of hydrogen-bond acceptors (Lipinski definition) is 5. The molecule has 2 fully saturated rings. The number of benzene rings is 2. The van der Waals surface area contributed by atoms with Gasteiger partial charge in [-0.05, 0) is 60.7 Å². The van der Waals surface area contributed by atoms with Crippen molar-refractivity contribution < 1.29 is 14.3 Å². The van der Waals surface area contributed by atoms with E-state index in [4.69, 9.17) is 21.7 Å². The van der Waals surface area contributed by atoms with E-state index in [-0.39, 0.29) is 5.91 Å². The van der Waals surface area contributed by atoms with Gasteiger partial charge in [-0.3, -0.25) is 9.69 Å². The topological polar surface area (TPSA) is 38.8 Å². The summed E-state index contributed by atoms with van der Waals surface area (Å²) in [6.45, 7) is 0.844. The monoisotopic (exact) mass is 531 g/mol. The fourth-order valence-electron chi connectivity index (χ4n) is 4.03. The van der Waals surface area contributed by atoms with Gasteiger partial charge in [-0.2, -0.15) is 0 Å². The lowest BCUT2D eigenvalue weighted by molar-refractivity contribution is -0.121. The second-order valence-corrected chi connectivity index (χ2v) is 10.6. The molecular formula is C25H26BrNO3S2. The Hall–Kier alpha value is -1.83. The van der Waals surface area contributed by atoms with Crippen molar-refractivity contribution in [1.29, 1.82) is 0 Å². The number of amides is 1. The summed E-state index contributed by atoms with van der Waals surface area (Å²) in [6, 6.07) is 14.3. The van der Waals surface area contributed by atoms with Gasteiger partial charge >= 0.3 is 0 Å². The third-order valence-corrected chi connectivity index (χ3v) is 7.79. The molecule has 168 valence electrons. The summed E-state index contributed by atoms with van der Waals surface area (Å²) in [6.07, 6.45) is 8.47. The number of halogens is 1. The highest BCUT2D eigenvalue weighted by atomic mass is 79.9. The van der Waals surface area contributed by atoms with Crippen LogP contribution in [-0.2, 0) is 4.79 Å². The first-order valence-electron chi connectivity index (χ1n) is 10.9. The Labute approximate surface area is 207 Å². The number of hydrogen-bond donors (Lipinski definition) is 0. The van der Waals surface area contributed by atoms with Crippen LogP contribution in [0.1, 0.15) is 49.1 Å². The summed E-state index contributed by atoms with van der Waals surface area (Å²) >= 11 is 10.0. The molecule has 4 nitrogen and oxygen atoms in total. The number of thiocarbonyl (C=S) groups is 1. The van der Waals surface area contributed by atoms with Gasteiger partial charge in [-0.25, -0.2) is 0 Å². The molecule has 1 aliphatic heterocycles. The number of rotatable bonds is 7. The molecule has 2 aromatic rings. The molecule has 0 atom stereocenters. The normalized spacial score (nSPS) is 18.4. The van der Waals surface area contributed by atoms with Crippen molar-refractivity contribution >= 4 is 56.2 Å². The third kappa shape index (κ3) is 5.74. The van der Waals surface area contributed by atoms with E-state index in [1.54, 1.807) is 7.05 Å². The van der Waals surface area contributed by atoms with E-state index in [1.807, 2.05) is 24.3 Å². The van der Waals surface area contributed by atoms with Crippen molar-refractivity contribution in [1.82, 2.24) is 4.90 Å². The minimum atomic E-state index is -0.0917. The predicted octanol–water partition coefficient (Wildman–Crippen LogP) is 6.79. The van der Waals surface area contributed by atoms with Crippen LogP contribution in [0.5, 0.6) is 11.5 Å². The number of ether oxygens (including phenoxy) is 2. The van der Waals surface area contributed by atoms with Gasteiger partial charge in [0, 0.05) is 17.1 Å². The zero-order valence-electron chi connectivity index (χ0n) is 18.0. The van der Waals surface area contributed by atoms with Crippen LogP contribution in [0.15, 0.2) is 51.8 Å². The van der Waals surface area contributed by atoms with Crippen molar-refractivity contribution in [3.63, 3.8) is 0 Å². The molecule has 0 spiro atoms. The third-order valence-electron chi connectivity index (χ3n) is 5.81. The lowest BCUT2D eigenvalue weighted by Crippen LogP contribution is -2.22. The molecule has 1 saturated carbocycles. The van der Waals surface area contributed by atoms with Crippen molar-refractivity contribution in [3.05, 3.63) is 63.0 Å². The predicted molar refractivity (Wildman–Crippen MR) is 138 cm³/mol. The van der Waals surface area contributed by atoms with Gasteiger partial charge in [-0.15, -0.1) is 0 Å². The Morgan fingerprint density at radius 3 is 2.50 bits per heavy atom. The number of carbonyl (C=O) groups excluding carboxylic acids is 1. The molecule has 2 aromatic carbocycles. The second kappa shape index (κ2) is 10.9. The largest absolute Gasteiger partial charge is 0.490 e. The van der Waals surface area contributed by atoms with E-state index in [2.05, 4.69) is 40.2 Å². The lowest BCUT2D eigenvalue weighted by Gasteiger charge is -2.22. The molecule has 7 heteroatoms. The van der Waals surface area contributed by atoms with Crippen molar-refractivity contribution in [2.45, 2.75) is 38.0 Å². The van der Waals surface area contributed by atoms with Crippen LogP contribution < -0.4 is 9.47 Å². The van der Waals surface area contributed by atoms with Crippen LogP contribution in [0.3, 0.4) is 0 Å². The van der Waals surface area contributed by atoms with Gasteiger partial charge in [0.2, 0.25) is 0 Å². The molecule has 32 heavy (non-hydrogen) atoms. The summed E-state index contributed by atoms with van der Waals surface area (Å²) in [5, 5.41) is 0. The molecule has 1 saturated heterocycles. The van der Waals surface area contributed by atoms with Crippen LogP contribution in [-0.4, -0.2) is 35.4 Å². The van der Waals surface area contributed by atoms with E-state index < -0.39 is 0 Å². The van der Waals surface area contributed by atoms with Gasteiger partial charge < -0.3 is 9.47 Å². The maximum atomic E-state index is 12.3. The Kier molecular flexibility index (Phi) is 7.92. The number of carbonyl (C=O) groups is 1. The minimum Gasteiger partial charge on any atom is -0.490 e. The average molecular weight is 533 g/mol. The fourth-order valence-corrected chi connectivity index (χ4v) is 5.58. The summed E-state index contributed by atoms with van der Waals surface area (Å²) in [4.78, 5) is 14.4. The zero-order chi connectivity index (χ0) is 22.5. The first-order valence-corrected chi connectivity index (χ1v) is 12.9. The van der Waals surface area contributed by atoms with Crippen molar-refractivity contribution in [2.75, 3.05) is 20.3 Å². The van der Waals surface area contributed by atoms with Crippen LogP contribution in [0.4, 0.5) is 0 Å². The molecule has 1 amide bonds. The Morgan fingerprint density at radius 2 is 1.81 bits per heavy atom. The van der Waals surface area contributed by atoms with Crippen molar-refractivity contribution in [2.24, 2.45) is 0 Å². The molecular weight excluding hydrogens is 506 g/mol. The molecule has 0 radical (unpaired) electrons. The van der Waals surface area contributed by atoms with E-state index in [9.17, 15) is 4.79 Å². The smallest absolute Gasteiger partial charge is 0.265 e. The highest BCUT2D eigenvalue weighted by molar-refractivity contribution is 9.10. The average Bonchev–Trinajstić information content (AvgIpc) is 3.05. The molecule has 0 aromatic heterocycles. The molecule has 2 aliphatic rings. The number of nitrogens with zero attached hydrogens (tertiary/aromatic N) is 1. The van der Waals surface area contributed by atoms with Crippen LogP contribution in [0.2, 0.25) is 0 Å². The first-order chi connectivity index (χ1) is 15.5. The Bertz CT molecular complexity index is 1020. The van der Waals surface area contributed by atoms with Gasteiger partial charge in [0.25, 0.3) is 5.91 Å². The van der Waals surface area contributed by atoms with Gasteiger partial charge in [0.15, 0.2) is 0 Å². The zero-order valence-corrected chi connectivity index (χ0v) is 21.2. The number of likely N-dealkylation sites (N-methyl/N-ethyl adjacent to an activating group) is 1. The standard InChI is InChI=1S/C25H26BrNO3S2/c1-27-24(28)23(32-25(27)31)16-19-15-20(26)9-12-22(19)30-14-13-29-21-10-7-18(8-11-21)17-5-3-2-4-6-17/h7-12,15-17H,2-6,13-14H2,1H3/b23-16-. The van der Waals surface area contributed by atoms with Crippen LogP contribution in [0, 0.1) is 0 Å². The molecule has 0 N–H and O–H groups in total.